The predicted octanol–water partition coefficient (Wildman–Crippen LogP) is 6.76. The van der Waals surface area contributed by atoms with E-state index in [1.807, 2.05) is 57.2 Å². The van der Waals surface area contributed by atoms with Crippen LogP contribution < -0.4 is 10.1 Å². The molecule has 0 atom stereocenters. The highest BCUT2D eigenvalue weighted by molar-refractivity contribution is 6.05. The van der Waals surface area contributed by atoms with E-state index in [1.165, 1.54) is 29.8 Å². The monoisotopic (exact) mass is 456 g/mol. The molecule has 0 aliphatic heterocycles. The van der Waals surface area contributed by atoms with Gasteiger partial charge in [-0.1, -0.05) is 35.9 Å². The quantitative estimate of drug-likeness (QED) is 0.188. The first-order chi connectivity index (χ1) is 16.4. The first kappa shape index (κ1) is 22.8. The summed E-state index contributed by atoms with van der Waals surface area (Å²) < 4.78 is 11.6. The van der Waals surface area contributed by atoms with Crippen LogP contribution in [0.3, 0.4) is 0 Å². The summed E-state index contributed by atoms with van der Waals surface area (Å²) in [5.41, 5.74) is 5.55. The number of carbonyl (C=O) groups excluding carboxylic acids is 1. The topological polar surface area (TPSA) is 94.6 Å². The normalized spacial score (nSPS) is 11.4. The molecule has 0 fully saturated rings. The van der Waals surface area contributed by atoms with Gasteiger partial charge in [0.05, 0.1) is 17.8 Å². The zero-order valence-electron chi connectivity index (χ0n) is 19.1. The van der Waals surface area contributed by atoms with Gasteiger partial charge in [-0.25, -0.2) is 0 Å². The van der Waals surface area contributed by atoms with E-state index in [1.54, 1.807) is 12.3 Å². The molecule has 1 amide bonds. The lowest BCUT2D eigenvalue weighted by atomic mass is 9.98. The van der Waals surface area contributed by atoms with Crippen LogP contribution in [0, 0.1) is 17.0 Å². The van der Waals surface area contributed by atoms with Crippen LogP contribution in [0.5, 0.6) is 5.75 Å². The molecule has 1 aromatic heterocycles. The van der Waals surface area contributed by atoms with Crippen molar-refractivity contribution in [3.63, 3.8) is 0 Å². The van der Waals surface area contributed by atoms with Gasteiger partial charge >= 0.3 is 0 Å². The number of anilines is 1. The van der Waals surface area contributed by atoms with Crippen molar-refractivity contribution in [1.29, 1.82) is 0 Å². The summed E-state index contributed by atoms with van der Waals surface area (Å²) in [6.45, 7) is 6.21. The van der Waals surface area contributed by atoms with Crippen LogP contribution in [0.4, 0.5) is 11.4 Å². The Kier molecular flexibility index (Phi) is 6.45. The molecule has 0 saturated carbocycles. The molecular weight excluding hydrogens is 432 g/mol. The van der Waals surface area contributed by atoms with E-state index in [9.17, 15) is 14.9 Å². The smallest absolute Gasteiger partial charge is 0.271 e. The summed E-state index contributed by atoms with van der Waals surface area (Å²) in [4.78, 5) is 23.2. The second-order valence-electron chi connectivity index (χ2n) is 7.92. The van der Waals surface area contributed by atoms with Crippen molar-refractivity contribution in [3.8, 4) is 16.9 Å². The number of nitro benzene ring substituents is 1. The Balaban J connectivity index is 1.70. The average Bonchev–Trinajstić information content (AvgIpc) is 3.22. The molecule has 1 heterocycles. The first-order valence-electron chi connectivity index (χ1n) is 10.8. The van der Waals surface area contributed by atoms with Crippen LogP contribution in [0.15, 0.2) is 77.4 Å². The molecule has 7 heteroatoms. The third-order valence-electron chi connectivity index (χ3n) is 5.44. The number of benzene rings is 3. The number of fused-ring (bicyclic) bond motifs is 1. The summed E-state index contributed by atoms with van der Waals surface area (Å²) in [6.07, 6.45) is 3.18. The number of amides is 1. The van der Waals surface area contributed by atoms with Gasteiger partial charge in [0.15, 0.2) is 0 Å². The van der Waals surface area contributed by atoms with Crippen molar-refractivity contribution in [1.82, 2.24) is 0 Å². The number of carbonyl (C=O) groups is 1. The maximum Gasteiger partial charge on any atom is 0.271 e. The fourth-order valence-corrected chi connectivity index (χ4v) is 3.74. The predicted molar refractivity (Wildman–Crippen MR) is 133 cm³/mol. The molecule has 4 rings (SSSR count). The van der Waals surface area contributed by atoms with Crippen LogP contribution >= 0.6 is 0 Å². The Morgan fingerprint density at radius 1 is 1.15 bits per heavy atom. The molecule has 0 saturated heterocycles. The van der Waals surface area contributed by atoms with Crippen molar-refractivity contribution in [2.45, 2.75) is 20.8 Å². The Morgan fingerprint density at radius 3 is 2.62 bits per heavy atom. The molecule has 34 heavy (non-hydrogen) atoms. The van der Waals surface area contributed by atoms with E-state index < -0.39 is 10.8 Å². The van der Waals surface area contributed by atoms with Crippen molar-refractivity contribution >= 4 is 33.8 Å². The van der Waals surface area contributed by atoms with Crippen molar-refractivity contribution < 1.29 is 18.9 Å². The first-order valence-corrected chi connectivity index (χ1v) is 10.8. The summed E-state index contributed by atoms with van der Waals surface area (Å²) >= 11 is 0. The number of hydrogen-bond acceptors (Lipinski definition) is 5. The number of nitrogens with zero attached hydrogens (tertiary/aromatic N) is 1. The number of allylic oxidation sites excluding steroid dienone is 1. The number of furan rings is 1. The largest absolute Gasteiger partial charge is 0.493 e. The van der Waals surface area contributed by atoms with Crippen molar-refractivity contribution in [2.75, 3.05) is 11.9 Å². The maximum atomic E-state index is 12.7. The third-order valence-corrected chi connectivity index (χ3v) is 5.44. The van der Waals surface area contributed by atoms with E-state index in [0.717, 1.165) is 22.1 Å². The molecule has 4 aromatic rings. The number of hydrogen-bond donors (Lipinski definition) is 1. The number of nitro groups is 1. The fraction of sp³-hybridized carbons (Fsp3) is 0.148. The minimum absolute atomic E-state index is 0.0915. The third kappa shape index (κ3) is 4.83. The number of aryl methyl sites for hydroxylation is 1. The molecule has 0 aliphatic rings. The highest BCUT2D eigenvalue weighted by Crippen LogP contribution is 2.37. The Bertz CT molecular complexity index is 1400. The standard InChI is InChI=1S/C27H24N2O5/c1-4-33-25-15-26-23(24(16-34-26)19-10-8-17(2)9-11-19)14-22(25)18(3)12-27(30)28-20-6-5-7-21(13-20)29(31)32/h5-16H,4H2,1-3H3,(H,28,30)/b18-12+. The molecule has 0 radical (unpaired) electrons. The molecule has 1 N–H and O–H groups in total. The fourth-order valence-electron chi connectivity index (χ4n) is 3.74. The Hall–Kier alpha value is -4.39. The molecule has 0 aliphatic carbocycles. The van der Waals surface area contributed by atoms with Gasteiger partial charge < -0.3 is 14.5 Å². The number of ether oxygens (including phenoxy) is 1. The van der Waals surface area contributed by atoms with Gasteiger partial charge in [-0.15, -0.1) is 0 Å². The zero-order chi connectivity index (χ0) is 24.2. The second-order valence-corrected chi connectivity index (χ2v) is 7.92. The number of rotatable bonds is 7. The lowest BCUT2D eigenvalue weighted by molar-refractivity contribution is -0.384. The van der Waals surface area contributed by atoms with E-state index in [-0.39, 0.29) is 5.69 Å². The van der Waals surface area contributed by atoms with E-state index >= 15 is 0 Å². The summed E-state index contributed by atoms with van der Waals surface area (Å²) in [6, 6.07) is 17.8. The van der Waals surface area contributed by atoms with Crippen LogP contribution in [0.2, 0.25) is 0 Å². The number of non-ortho nitro benzene ring substituents is 1. The summed E-state index contributed by atoms with van der Waals surface area (Å²) in [5.74, 6) is 0.211. The molecular formula is C27H24N2O5. The SMILES string of the molecule is CCOc1cc2occ(-c3ccc(C)cc3)c2cc1/C(C)=C/C(=O)Nc1cccc([N+](=O)[O-])c1. The van der Waals surface area contributed by atoms with Gasteiger partial charge in [0.1, 0.15) is 11.3 Å². The van der Waals surface area contributed by atoms with E-state index in [4.69, 9.17) is 9.15 Å². The minimum Gasteiger partial charge on any atom is -0.493 e. The summed E-state index contributed by atoms with van der Waals surface area (Å²) in [5, 5.41) is 14.6. The van der Waals surface area contributed by atoms with E-state index in [0.29, 0.717) is 29.2 Å². The molecule has 7 nitrogen and oxygen atoms in total. The molecule has 0 unspecified atom stereocenters. The average molecular weight is 456 g/mol. The second kappa shape index (κ2) is 9.62. The highest BCUT2D eigenvalue weighted by atomic mass is 16.6. The zero-order valence-corrected chi connectivity index (χ0v) is 19.1. The molecule has 0 bridgehead atoms. The Morgan fingerprint density at radius 2 is 1.91 bits per heavy atom. The van der Waals surface area contributed by atoms with Gasteiger partial charge in [0.25, 0.3) is 5.69 Å². The van der Waals surface area contributed by atoms with Crippen molar-refractivity contribution in [2.24, 2.45) is 0 Å². The van der Waals surface area contributed by atoms with Crippen LogP contribution in [-0.4, -0.2) is 17.4 Å². The van der Waals surface area contributed by atoms with Crippen LogP contribution in [-0.2, 0) is 4.79 Å². The Labute approximate surface area is 196 Å². The van der Waals surface area contributed by atoms with Gasteiger partial charge in [-0.05, 0) is 44.0 Å². The summed E-state index contributed by atoms with van der Waals surface area (Å²) in [7, 11) is 0. The molecule has 3 aromatic carbocycles. The van der Waals surface area contributed by atoms with E-state index in [2.05, 4.69) is 5.32 Å². The highest BCUT2D eigenvalue weighted by Gasteiger charge is 2.16. The van der Waals surface area contributed by atoms with Gasteiger partial charge in [-0.3, -0.25) is 14.9 Å². The van der Waals surface area contributed by atoms with Gasteiger partial charge in [-0.2, -0.15) is 0 Å². The molecule has 0 spiro atoms. The lowest BCUT2D eigenvalue weighted by Gasteiger charge is -2.12. The van der Waals surface area contributed by atoms with Crippen molar-refractivity contribution in [3.05, 3.63) is 94.2 Å². The van der Waals surface area contributed by atoms with Gasteiger partial charge in [0.2, 0.25) is 5.91 Å². The van der Waals surface area contributed by atoms with Crippen LogP contribution in [0.25, 0.3) is 27.7 Å². The van der Waals surface area contributed by atoms with Crippen LogP contribution in [0.1, 0.15) is 25.0 Å². The number of nitrogens with one attached hydrogen (secondary N) is 1. The molecule has 172 valence electrons. The maximum absolute atomic E-state index is 12.7. The van der Waals surface area contributed by atoms with Gasteiger partial charge in [0, 0.05) is 46.5 Å². The minimum atomic E-state index is -0.503. The lowest BCUT2D eigenvalue weighted by Crippen LogP contribution is -2.09.